The van der Waals surface area contributed by atoms with E-state index in [9.17, 15) is 0 Å². The molecule has 1 N–H and O–H groups in total. The van der Waals surface area contributed by atoms with Gasteiger partial charge in [-0.15, -0.1) is 0 Å². The van der Waals surface area contributed by atoms with Gasteiger partial charge in [0.05, 0.1) is 0 Å². The van der Waals surface area contributed by atoms with Crippen molar-refractivity contribution in [1.29, 1.82) is 0 Å². The number of fused-ring (bicyclic) bond motifs is 4. The average Bonchev–Trinajstić information content (AvgIpc) is 3.53. The van der Waals surface area contributed by atoms with Crippen LogP contribution in [0.4, 0.5) is 11.4 Å². The van der Waals surface area contributed by atoms with Crippen LogP contribution in [0.2, 0.25) is 0 Å². The van der Waals surface area contributed by atoms with E-state index in [4.69, 9.17) is 4.42 Å². The molecule has 0 atom stereocenters. The summed E-state index contributed by atoms with van der Waals surface area (Å²) in [6.45, 7) is 0. The molecule has 2 heteroatoms. The number of anilines is 2. The first-order valence-electron chi connectivity index (χ1n) is 16.3. The van der Waals surface area contributed by atoms with Crippen LogP contribution in [0.15, 0.2) is 186 Å². The lowest BCUT2D eigenvalue weighted by molar-refractivity contribution is 0.669. The minimum absolute atomic E-state index is 0.917. The summed E-state index contributed by atoms with van der Waals surface area (Å²) in [4.78, 5) is 0. The number of benzene rings is 8. The van der Waals surface area contributed by atoms with Crippen LogP contribution in [0.25, 0.3) is 77.2 Å². The second kappa shape index (κ2) is 11.8. The summed E-state index contributed by atoms with van der Waals surface area (Å²) in [5.74, 6) is 0. The lowest BCUT2D eigenvalue weighted by Gasteiger charge is -2.10. The number of para-hydroxylation sites is 1. The van der Waals surface area contributed by atoms with Crippen molar-refractivity contribution in [2.75, 3.05) is 5.32 Å². The molecule has 0 unspecified atom stereocenters. The topological polar surface area (TPSA) is 25.2 Å². The molecule has 0 saturated heterocycles. The maximum absolute atomic E-state index is 6.01. The van der Waals surface area contributed by atoms with Gasteiger partial charge in [0.25, 0.3) is 0 Å². The smallest absolute Gasteiger partial charge is 0.135 e. The standard InChI is InChI=1S/C46H31NO/c1-2-7-36-29-39(17-16-31(36)6-1)38-9-5-8-37(28-38)34-14-12-32(13-15-34)33-18-23-41(24-19-33)47-42-25-20-35(21-26-42)40-22-27-46-44(30-40)43-10-3-4-11-45(43)48-46/h1-30,47H. The molecule has 8 aromatic carbocycles. The molecule has 0 bridgehead atoms. The highest BCUT2D eigenvalue weighted by Crippen LogP contribution is 2.34. The lowest BCUT2D eigenvalue weighted by atomic mass is 9.96. The highest BCUT2D eigenvalue weighted by molar-refractivity contribution is 6.06. The number of hydrogen-bond acceptors (Lipinski definition) is 2. The summed E-state index contributed by atoms with van der Waals surface area (Å²) < 4.78 is 6.01. The molecule has 226 valence electrons. The highest BCUT2D eigenvalue weighted by atomic mass is 16.3. The fraction of sp³-hybridized carbons (Fsp3) is 0. The molecule has 0 saturated carbocycles. The summed E-state index contributed by atoms with van der Waals surface area (Å²) in [7, 11) is 0. The van der Waals surface area contributed by atoms with Gasteiger partial charge in [-0.05, 0) is 110 Å². The number of furan rings is 1. The second-order valence-electron chi connectivity index (χ2n) is 12.3. The SMILES string of the molecule is c1cc(-c2ccc(-c3ccc(Nc4ccc(-c5ccc6oc7ccccc7c6c5)cc4)cc3)cc2)cc(-c2ccc3ccccc3c2)c1. The van der Waals surface area contributed by atoms with Gasteiger partial charge in [-0.1, -0.05) is 127 Å². The predicted molar refractivity (Wildman–Crippen MR) is 203 cm³/mol. The van der Waals surface area contributed by atoms with Gasteiger partial charge in [0.15, 0.2) is 0 Å². The molecule has 0 amide bonds. The molecule has 2 nitrogen and oxygen atoms in total. The van der Waals surface area contributed by atoms with Gasteiger partial charge in [-0.3, -0.25) is 0 Å². The molecule has 0 spiro atoms. The van der Waals surface area contributed by atoms with Crippen LogP contribution in [0.3, 0.4) is 0 Å². The molecule has 0 fully saturated rings. The minimum Gasteiger partial charge on any atom is -0.456 e. The van der Waals surface area contributed by atoms with Crippen molar-refractivity contribution < 1.29 is 4.42 Å². The minimum atomic E-state index is 0.917. The molecular formula is C46H31NO. The first kappa shape index (κ1) is 27.9. The largest absolute Gasteiger partial charge is 0.456 e. The number of nitrogens with one attached hydrogen (secondary N) is 1. The van der Waals surface area contributed by atoms with E-state index in [0.717, 1.165) is 33.3 Å². The Morgan fingerprint density at radius 3 is 1.48 bits per heavy atom. The normalized spacial score (nSPS) is 11.3. The Balaban J connectivity index is 0.889. The van der Waals surface area contributed by atoms with E-state index in [0.29, 0.717) is 0 Å². The van der Waals surface area contributed by atoms with Crippen molar-refractivity contribution in [3.05, 3.63) is 182 Å². The van der Waals surface area contributed by atoms with Crippen molar-refractivity contribution in [2.45, 2.75) is 0 Å². The van der Waals surface area contributed by atoms with Gasteiger partial charge in [0, 0.05) is 22.1 Å². The fourth-order valence-electron chi connectivity index (χ4n) is 6.67. The molecule has 9 aromatic rings. The van der Waals surface area contributed by atoms with Crippen LogP contribution in [0.1, 0.15) is 0 Å². The summed E-state index contributed by atoms with van der Waals surface area (Å²) in [6, 6.07) is 64.7. The molecule has 0 aliphatic rings. The van der Waals surface area contributed by atoms with E-state index < -0.39 is 0 Å². The zero-order valence-corrected chi connectivity index (χ0v) is 26.2. The average molecular weight is 614 g/mol. The van der Waals surface area contributed by atoms with Crippen molar-refractivity contribution >= 4 is 44.1 Å². The summed E-state index contributed by atoms with van der Waals surface area (Å²) in [5.41, 5.74) is 13.6. The third-order valence-electron chi connectivity index (χ3n) is 9.27. The Kier molecular flexibility index (Phi) is 6.84. The first-order chi connectivity index (χ1) is 23.7. The van der Waals surface area contributed by atoms with E-state index in [2.05, 4.69) is 175 Å². The van der Waals surface area contributed by atoms with Gasteiger partial charge in [-0.25, -0.2) is 0 Å². The quantitative estimate of drug-likeness (QED) is 0.202. The Hall–Kier alpha value is -6.38. The predicted octanol–water partition coefficient (Wildman–Crippen LogP) is 13.2. The molecular weight excluding hydrogens is 583 g/mol. The zero-order chi connectivity index (χ0) is 31.9. The Morgan fingerprint density at radius 1 is 0.292 bits per heavy atom. The van der Waals surface area contributed by atoms with Crippen molar-refractivity contribution in [2.24, 2.45) is 0 Å². The molecule has 1 heterocycles. The Morgan fingerprint density at radius 2 is 0.771 bits per heavy atom. The summed E-state index contributed by atoms with van der Waals surface area (Å²) in [5, 5.41) is 8.37. The van der Waals surface area contributed by atoms with E-state index in [-0.39, 0.29) is 0 Å². The van der Waals surface area contributed by atoms with Crippen LogP contribution < -0.4 is 5.32 Å². The molecule has 0 aliphatic carbocycles. The summed E-state index contributed by atoms with van der Waals surface area (Å²) in [6.07, 6.45) is 0. The maximum Gasteiger partial charge on any atom is 0.135 e. The van der Waals surface area contributed by atoms with Crippen LogP contribution in [0, 0.1) is 0 Å². The van der Waals surface area contributed by atoms with Crippen molar-refractivity contribution in [3.8, 4) is 44.5 Å². The zero-order valence-electron chi connectivity index (χ0n) is 26.2. The van der Waals surface area contributed by atoms with Crippen LogP contribution in [-0.2, 0) is 0 Å². The second-order valence-corrected chi connectivity index (χ2v) is 12.3. The number of hydrogen-bond donors (Lipinski definition) is 1. The molecule has 0 aliphatic heterocycles. The summed E-state index contributed by atoms with van der Waals surface area (Å²) >= 11 is 0. The third-order valence-corrected chi connectivity index (χ3v) is 9.27. The van der Waals surface area contributed by atoms with Crippen LogP contribution in [-0.4, -0.2) is 0 Å². The lowest BCUT2D eigenvalue weighted by Crippen LogP contribution is -1.90. The molecule has 1 aromatic heterocycles. The Labute approximate surface area is 279 Å². The monoisotopic (exact) mass is 613 g/mol. The van der Waals surface area contributed by atoms with Gasteiger partial charge >= 0.3 is 0 Å². The van der Waals surface area contributed by atoms with Crippen molar-refractivity contribution in [1.82, 2.24) is 0 Å². The van der Waals surface area contributed by atoms with Gasteiger partial charge in [0.1, 0.15) is 11.2 Å². The molecule has 9 rings (SSSR count). The Bertz CT molecular complexity index is 2560. The molecule has 48 heavy (non-hydrogen) atoms. The number of rotatable bonds is 6. The van der Waals surface area contributed by atoms with E-state index in [1.54, 1.807) is 0 Å². The van der Waals surface area contributed by atoms with E-state index >= 15 is 0 Å². The first-order valence-corrected chi connectivity index (χ1v) is 16.3. The van der Waals surface area contributed by atoms with Crippen LogP contribution >= 0.6 is 0 Å². The molecule has 0 radical (unpaired) electrons. The van der Waals surface area contributed by atoms with Crippen LogP contribution in [0.5, 0.6) is 0 Å². The third kappa shape index (κ3) is 5.30. The fourth-order valence-corrected chi connectivity index (χ4v) is 6.67. The van der Waals surface area contributed by atoms with Crippen molar-refractivity contribution in [3.63, 3.8) is 0 Å². The van der Waals surface area contributed by atoms with Gasteiger partial charge in [0.2, 0.25) is 0 Å². The maximum atomic E-state index is 6.01. The van der Waals surface area contributed by atoms with Gasteiger partial charge in [-0.2, -0.15) is 0 Å². The van der Waals surface area contributed by atoms with E-state index in [1.165, 1.54) is 55.3 Å². The highest BCUT2D eigenvalue weighted by Gasteiger charge is 2.09. The van der Waals surface area contributed by atoms with Gasteiger partial charge < -0.3 is 9.73 Å². The van der Waals surface area contributed by atoms with E-state index in [1.807, 2.05) is 12.1 Å².